The third-order valence-electron chi connectivity index (χ3n) is 2.09. The highest BCUT2D eigenvalue weighted by Crippen LogP contribution is 2.32. The van der Waals surface area contributed by atoms with E-state index in [4.69, 9.17) is 15.2 Å². The molecule has 0 aliphatic carbocycles. The van der Waals surface area contributed by atoms with Crippen molar-refractivity contribution in [3.63, 3.8) is 0 Å². The van der Waals surface area contributed by atoms with Gasteiger partial charge in [-0.3, -0.25) is 0 Å². The molecule has 2 heterocycles. The van der Waals surface area contributed by atoms with Crippen molar-refractivity contribution in [2.75, 3.05) is 19.5 Å². The smallest absolute Gasteiger partial charge is 0.350 e. The minimum atomic E-state index is -0.450. The molecule has 0 aliphatic heterocycles. The number of carbonyl (C=O) groups is 1. The summed E-state index contributed by atoms with van der Waals surface area (Å²) in [6.07, 6.45) is 1.48. The number of hydrogen-bond donors (Lipinski definition) is 1. The van der Waals surface area contributed by atoms with Crippen LogP contribution in [0.5, 0.6) is 5.88 Å². The summed E-state index contributed by atoms with van der Waals surface area (Å²) in [6, 6.07) is 0. The Bertz CT molecular complexity index is 567. The zero-order chi connectivity index (χ0) is 12.4. The predicted molar refractivity (Wildman–Crippen MR) is 64.3 cm³/mol. The Hall–Kier alpha value is -1.89. The van der Waals surface area contributed by atoms with Crippen LogP contribution in [0.1, 0.15) is 16.6 Å². The molecule has 2 aromatic heterocycles. The van der Waals surface area contributed by atoms with Gasteiger partial charge in [0.25, 0.3) is 0 Å². The molecule has 2 N–H and O–H groups in total. The lowest BCUT2D eigenvalue weighted by atomic mass is 10.3. The van der Waals surface area contributed by atoms with Crippen LogP contribution in [0.4, 0.5) is 5.69 Å². The Kier molecular flexibility index (Phi) is 3.10. The van der Waals surface area contributed by atoms with Crippen molar-refractivity contribution in [2.45, 2.75) is 6.92 Å². The molecule has 0 saturated heterocycles. The number of nitrogens with two attached hydrogens (primary N) is 1. The van der Waals surface area contributed by atoms with Crippen LogP contribution >= 0.6 is 11.3 Å². The fraction of sp³-hybridized carbons (Fsp3) is 0.300. The molecule has 0 bridgehead atoms. The lowest BCUT2D eigenvalue weighted by Gasteiger charge is -1.99. The number of rotatable bonds is 3. The highest BCUT2D eigenvalue weighted by atomic mass is 32.1. The molecule has 7 heteroatoms. The number of anilines is 1. The second-order valence-corrected chi connectivity index (χ2v) is 4.13. The van der Waals surface area contributed by atoms with E-state index in [1.165, 1.54) is 13.3 Å². The van der Waals surface area contributed by atoms with Gasteiger partial charge in [0.2, 0.25) is 5.88 Å². The largest absolute Gasteiger partial charge is 0.480 e. The molecule has 0 aromatic carbocycles. The van der Waals surface area contributed by atoms with Crippen molar-refractivity contribution >= 4 is 33.3 Å². The van der Waals surface area contributed by atoms with Crippen LogP contribution in [0.15, 0.2) is 6.20 Å². The molecular weight excluding hydrogens is 242 g/mol. The van der Waals surface area contributed by atoms with Gasteiger partial charge in [0.15, 0.2) is 0 Å². The predicted octanol–water partition coefficient (Wildman–Crippen LogP) is 1.46. The summed E-state index contributed by atoms with van der Waals surface area (Å²) in [5.41, 5.74) is 6.60. The number of methoxy groups -OCH3 is 1. The van der Waals surface area contributed by atoms with Crippen molar-refractivity contribution in [1.29, 1.82) is 0 Å². The molecular formula is C10H11N3O3S. The Morgan fingerprint density at radius 1 is 1.59 bits per heavy atom. The van der Waals surface area contributed by atoms with Crippen LogP contribution in [-0.2, 0) is 4.74 Å². The van der Waals surface area contributed by atoms with Gasteiger partial charge >= 0.3 is 5.97 Å². The van der Waals surface area contributed by atoms with E-state index in [-0.39, 0.29) is 5.69 Å². The van der Waals surface area contributed by atoms with Crippen LogP contribution in [0.2, 0.25) is 0 Å². The van der Waals surface area contributed by atoms with E-state index >= 15 is 0 Å². The minimum absolute atomic E-state index is 0.287. The van der Waals surface area contributed by atoms with Gasteiger partial charge in [0.1, 0.15) is 15.2 Å². The third-order valence-corrected chi connectivity index (χ3v) is 3.17. The van der Waals surface area contributed by atoms with E-state index in [1.54, 1.807) is 6.92 Å². The molecule has 0 radical (unpaired) electrons. The number of ether oxygens (including phenoxy) is 2. The first-order chi connectivity index (χ1) is 8.17. The van der Waals surface area contributed by atoms with Crippen molar-refractivity contribution in [3.05, 3.63) is 11.1 Å². The van der Waals surface area contributed by atoms with E-state index in [0.717, 1.165) is 11.3 Å². The topological polar surface area (TPSA) is 87.3 Å². The zero-order valence-electron chi connectivity index (χ0n) is 9.39. The quantitative estimate of drug-likeness (QED) is 0.833. The van der Waals surface area contributed by atoms with Crippen LogP contribution < -0.4 is 10.5 Å². The maximum atomic E-state index is 11.6. The fourth-order valence-electron chi connectivity index (χ4n) is 1.32. The molecule has 17 heavy (non-hydrogen) atoms. The standard InChI is InChI=1S/C10H11N3O3S/c1-3-16-10(14)8-6(11)7-9(17-8)12-4-5(13-7)15-2/h4H,3,11H2,1-2H3. The summed E-state index contributed by atoms with van der Waals surface area (Å²) in [7, 11) is 1.49. The SMILES string of the molecule is CCOC(=O)c1sc2ncc(OC)nc2c1N. The first-order valence-electron chi connectivity index (χ1n) is 4.93. The number of aromatic nitrogens is 2. The molecule has 0 saturated carbocycles. The van der Waals surface area contributed by atoms with E-state index < -0.39 is 5.97 Å². The van der Waals surface area contributed by atoms with Gasteiger partial charge in [-0.1, -0.05) is 0 Å². The number of carbonyl (C=O) groups excluding carboxylic acids is 1. The van der Waals surface area contributed by atoms with Crippen LogP contribution in [0.25, 0.3) is 10.3 Å². The lowest BCUT2D eigenvalue weighted by molar-refractivity contribution is 0.0533. The number of nitrogens with zero attached hydrogens (tertiary/aromatic N) is 2. The highest BCUT2D eigenvalue weighted by Gasteiger charge is 2.19. The fourth-order valence-corrected chi connectivity index (χ4v) is 2.22. The summed E-state index contributed by atoms with van der Waals surface area (Å²) in [5.74, 6) is -0.0915. The van der Waals surface area contributed by atoms with Crippen LogP contribution in [-0.4, -0.2) is 29.7 Å². The summed E-state index contributed by atoms with van der Waals surface area (Å²) in [6.45, 7) is 2.04. The Labute approximate surface area is 101 Å². The van der Waals surface area contributed by atoms with Crippen LogP contribution in [0, 0.1) is 0 Å². The molecule has 0 amide bonds. The minimum Gasteiger partial charge on any atom is -0.480 e. The molecule has 0 atom stereocenters. The van der Waals surface area contributed by atoms with Crippen molar-refractivity contribution in [1.82, 2.24) is 9.97 Å². The van der Waals surface area contributed by atoms with Gasteiger partial charge in [-0.2, -0.15) is 0 Å². The number of thiophene rings is 1. The Balaban J connectivity index is 2.53. The van der Waals surface area contributed by atoms with Gasteiger partial charge in [-0.25, -0.2) is 14.8 Å². The molecule has 0 spiro atoms. The second-order valence-electron chi connectivity index (χ2n) is 3.13. The molecule has 6 nitrogen and oxygen atoms in total. The highest BCUT2D eigenvalue weighted by molar-refractivity contribution is 7.21. The molecule has 0 fully saturated rings. The zero-order valence-corrected chi connectivity index (χ0v) is 10.2. The number of hydrogen-bond acceptors (Lipinski definition) is 7. The first kappa shape index (κ1) is 11.6. The summed E-state index contributed by atoms with van der Waals surface area (Å²) < 4.78 is 9.85. The van der Waals surface area contributed by atoms with Crippen molar-refractivity contribution < 1.29 is 14.3 Å². The van der Waals surface area contributed by atoms with Gasteiger partial charge < -0.3 is 15.2 Å². The number of nitrogen functional groups attached to an aromatic ring is 1. The maximum Gasteiger partial charge on any atom is 0.350 e. The second kappa shape index (κ2) is 4.54. The monoisotopic (exact) mass is 253 g/mol. The van der Waals surface area contributed by atoms with E-state index in [1.807, 2.05) is 0 Å². The molecule has 2 aromatic rings. The molecule has 0 aliphatic rings. The van der Waals surface area contributed by atoms with Crippen molar-refractivity contribution in [2.24, 2.45) is 0 Å². The van der Waals surface area contributed by atoms with Gasteiger partial charge in [0.05, 0.1) is 25.6 Å². The normalized spacial score (nSPS) is 10.5. The van der Waals surface area contributed by atoms with E-state index in [0.29, 0.717) is 27.7 Å². The van der Waals surface area contributed by atoms with E-state index in [2.05, 4.69) is 9.97 Å². The average molecular weight is 253 g/mol. The Morgan fingerprint density at radius 3 is 3.00 bits per heavy atom. The number of fused-ring (bicyclic) bond motifs is 1. The summed E-state index contributed by atoms with van der Waals surface area (Å²) >= 11 is 1.16. The molecule has 2 rings (SSSR count). The lowest BCUT2D eigenvalue weighted by Crippen LogP contribution is -2.04. The van der Waals surface area contributed by atoms with Gasteiger partial charge in [0, 0.05) is 0 Å². The Morgan fingerprint density at radius 2 is 2.35 bits per heavy atom. The number of esters is 1. The summed E-state index contributed by atoms with van der Waals surface area (Å²) in [4.78, 5) is 20.8. The molecule has 0 unspecified atom stereocenters. The average Bonchev–Trinajstić information content (AvgIpc) is 2.67. The maximum absolute atomic E-state index is 11.6. The van der Waals surface area contributed by atoms with Gasteiger partial charge in [-0.05, 0) is 6.92 Å². The molecule has 90 valence electrons. The first-order valence-corrected chi connectivity index (χ1v) is 5.75. The summed E-state index contributed by atoms with van der Waals surface area (Å²) in [5, 5.41) is 0. The van der Waals surface area contributed by atoms with E-state index in [9.17, 15) is 4.79 Å². The van der Waals surface area contributed by atoms with Gasteiger partial charge in [-0.15, -0.1) is 11.3 Å². The van der Waals surface area contributed by atoms with Crippen molar-refractivity contribution in [3.8, 4) is 5.88 Å². The van der Waals surface area contributed by atoms with Crippen LogP contribution in [0.3, 0.4) is 0 Å². The third kappa shape index (κ3) is 2.01.